The largest absolute Gasteiger partial charge is 0.399 e. The zero-order valence-electron chi connectivity index (χ0n) is 17.6. The predicted octanol–water partition coefficient (Wildman–Crippen LogP) is 3.12. The van der Waals surface area contributed by atoms with Crippen molar-refractivity contribution in [3.8, 4) is 6.07 Å². The van der Waals surface area contributed by atoms with Gasteiger partial charge in [0.25, 0.3) is 0 Å². The van der Waals surface area contributed by atoms with E-state index in [1.165, 1.54) is 0 Å². The van der Waals surface area contributed by atoms with E-state index in [4.69, 9.17) is 10.7 Å². The summed E-state index contributed by atoms with van der Waals surface area (Å²) < 4.78 is 0. The molecule has 0 bridgehead atoms. The van der Waals surface area contributed by atoms with Gasteiger partial charge >= 0.3 is 0 Å². The third-order valence-corrected chi connectivity index (χ3v) is 5.05. The van der Waals surface area contributed by atoms with Gasteiger partial charge in [-0.05, 0) is 43.9 Å². The molecule has 0 saturated carbocycles. The number of nitrogens with zero attached hydrogens (tertiary/aromatic N) is 4. The molecular weight excluding hydrogens is 378 g/mol. The van der Waals surface area contributed by atoms with Gasteiger partial charge in [0.15, 0.2) is 0 Å². The number of hydrogen-bond donors (Lipinski definition) is 3. The van der Waals surface area contributed by atoms with Gasteiger partial charge in [0.05, 0.1) is 11.6 Å². The maximum Gasteiger partial charge on any atom is 0.229 e. The molecule has 1 aromatic carbocycles. The van der Waals surface area contributed by atoms with Gasteiger partial charge in [-0.25, -0.2) is 4.98 Å². The number of nitrogens with one attached hydrogen (secondary N) is 2. The maximum absolute atomic E-state index is 11.5. The smallest absolute Gasteiger partial charge is 0.229 e. The van der Waals surface area contributed by atoms with Gasteiger partial charge in [-0.15, -0.1) is 0 Å². The first-order valence-electron chi connectivity index (χ1n) is 10.4. The molecule has 0 spiro atoms. The summed E-state index contributed by atoms with van der Waals surface area (Å²) in [7, 11) is 0. The number of aryl methyl sites for hydroxylation is 1. The summed E-state index contributed by atoms with van der Waals surface area (Å²) in [6.07, 6.45) is 4.94. The average Bonchev–Trinajstić information content (AvgIpc) is 2.71. The van der Waals surface area contributed by atoms with Gasteiger partial charge in [-0.3, -0.25) is 4.79 Å². The number of piperidine rings is 1. The number of nitrogens with two attached hydrogens (primary N) is 1. The Morgan fingerprint density at radius 2 is 2.17 bits per heavy atom. The second kappa shape index (κ2) is 9.92. The van der Waals surface area contributed by atoms with Crippen molar-refractivity contribution < 1.29 is 4.79 Å². The Balaban J connectivity index is 1.87. The molecule has 158 valence electrons. The van der Waals surface area contributed by atoms with Crippen LogP contribution in [0.25, 0.3) is 0 Å². The van der Waals surface area contributed by atoms with Crippen LogP contribution < -0.4 is 21.3 Å². The van der Waals surface area contributed by atoms with Crippen LogP contribution >= 0.6 is 0 Å². The highest BCUT2D eigenvalue weighted by Crippen LogP contribution is 2.24. The molecule has 2 aromatic rings. The van der Waals surface area contributed by atoms with Crippen LogP contribution in [0.2, 0.25) is 0 Å². The second-order valence-corrected chi connectivity index (χ2v) is 7.71. The highest BCUT2D eigenvalue weighted by Gasteiger charge is 2.22. The molecule has 3 rings (SSSR count). The Morgan fingerprint density at radius 1 is 1.33 bits per heavy atom. The first-order chi connectivity index (χ1) is 14.5. The minimum Gasteiger partial charge on any atom is -0.399 e. The quantitative estimate of drug-likeness (QED) is 0.603. The summed E-state index contributed by atoms with van der Waals surface area (Å²) in [5.74, 6) is 1.32. The fourth-order valence-corrected chi connectivity index (χ4v) is 3.69. The SMILES string of the molecule is CCCCc1cc(N2CCC[C@@H](NC(C)=O)C2)nc(Nc2cc(N)cc(C#N)c2)n1. The molecule has 1 atom stereocenters. The number of nitriles is 1. The normalized spacial score (nSPS) is 16.0. The van der Waals surface area contributed by atoms with Gasteiger partial charge in [-0.1, -0.05) is 13.3 Å². The Hall–Kier alpha value is -3.34. The summed E-state index contributed by atoms with van der Waals surface area (Å²) >= 11 is 0. The Bertz CT molecular complexity index is 938. The van der Waals surface area contributed by atoms with E-state index >= 15 is 0 Å². The number of unbranched alkanes of at least 4 members (excludes halogenated alkanes) is 1. The van der Waals surface area contributed by atoms with Crippen LogP contribution in [0.5, 0.6) is 0 Å². The predicted molar refractivity (Wildman–Crippen MR) is 119 cm³/mol. The van der Waals surface area contributed by atoms with Crippen molar-refractivity contribution in [1.29, 1.82) is 5.26 Å². The zero-order chi connectivity index (χ0) is 21.5. The number of carbonyl (C=O) groups excluding carboxylic acids is 1. The number of carbonyl (C=O) groups is 1. The fraction of sp³-hybridized carbons (Fsp3) is 0.455. The van der Waals surface area contributed by atoms with E-state index in [-0.39, 0.29) is 11.9 Å². The molecule has 1 aliphatic rings. The highest BCUT2D eigenvalue weighted by molar-refractivity contribution is 5.73. The summed E-state index contributed by atoms with van der Waals surface area (Å²) in [5.41, 5.74) is 8.55. The van der Waals surface area contributed by atoms with E-state index in [1.54, 1.807) is 25.1 Å². The number of hydrogen-bond acceptors (Lipinski definition) is 7. The number of anilines is 4. The molecule has 8 nitrogen and oxygen atoms in total. The van der Waals surface area contributed by atoms with E-state index in [2.05, 4.69) is 33.5 Å². The highest BCUT2D eigenvalue weighted by atomic mass is 16.1. The Labute approximate surface area is 177 Å². The minimum atomic E-state index is -0.00880. The molecular formula is C22H29N7O. The molecule has 2 heterocycles. The standard InChI is InChI=1S/C22H29N7O/c1-3-4-6-18-12-21(29-8-5-7-19(14-29)25-15(2)30)28-22(26-18)27-20-10-16(13-23)9-17(24)11-20/h9-12,19H,3-8,14,24H2,1-2H3,(H,25,30)(H,26,27,28)/t19-/m1/s1. The lowest BCUT2D eigenvalue weighted by atomic mass is 10.1. The molecule has 1 saturated heterocycles. The Morgan fingerprint density at radius 3 is 2.90 bits per heavy atom. The number of rotatable bonds is 7. The number of amides is 1. The monoisotopic (exact) mass is 407 g/mol. The van der Waals surface area contributed by atoms with Crippen LogP contribution in [0.1, 0.15) is 50.8 Å². The molecule has 0 aliphatic carbocycles. The van der Waals surface area contributed by atoms with Crippen LogP contribution in [-0.4, -0.2) is 35.0 Å². The zero-order valence-corrected chi connectivity index (χ0v) is 17.6. The molecule has 4 N–H and O–H groups in total. The van der Waals surface area contributed by atoms with Crippen LogP contribution in [0, 0.1) is 11.3 Å². The summed E-state index contributed by atoms with van der Waals surface area (Å²) in [4.78, 5) is 23.1. The van der Waals surface area contributed by atoms with Gasteiger partial charge in [0.2, 0.25) is 11.9 Å². The molecule has 8 heteroatoms. The lowest BCUT2D eigenvalue weighted by molar-refractivity contribution is -0.119. The van der Waals surface area contributed by atoms with E-state index in [0.717, 1.165) is 56.7 Å². The van der Waals surface area contributed by atoms with Crippen molar-refractivity contribution in [3.63, 3.8) is 0 Å². The van der Waals surface area contributed by atoms with Crippen LogP contribution in [0.15, 0.2) is 24.3 Å². The molecule has 0 unspecified atom stereocenters. The van der Waals surface area contributed by atoms with E-state index < -0.39 is 0 Å². The maximum atomic E-state index is 11.5. The third kappa shape index (κ3) is 5.83. The summed E-state index contributed by atoms with van der Waals surface area (Å²) in [5, 5.41) is 15.4. The van der Waals surface area contributed by atoms with Gasteiger partial charge in [-0.2, -0.15) is 10.2 Å². The van der Waals surface area contributed by atoms with Crippen LogP contribution in [0.4, 0.5) is 23.1 Å². The minimum absolute atomic E-state index is 0.00880. The number of aromatic nitrogens is 2. The number of nitrogen functional groups attached to an aromatic ring is 1. The van der Waals surface area contributed by atoms with Gasteiger partial charge in [0, 0.05) is 49.2 Å². The average molecular weight is 408 g/mol. The van der Waals surface area contributed by atoms with E-state index in [1.807, 2.05) is 6.07 Å². The van der Waals surface area contributed by atoms with Crippen molar-refractivity contribution in [2.75, 3.05) is 29.0 Å². The third-order valence-electron chi connectivity index (χ3n) is 5.05. The van der Waals surface area contributed by atoms with Crippen LogP contribution in [0.3, 0.4) is 0 Å². The summed E-state index contributed by atoms with van der Waals surface area (Å²) in [6.45, 7) is 5.31. The number of benzene rings is 1. The van der Waals surface area contributed by atoms with Crippen molar-refractivity contribution in [2.45, 2.75) is 52.0 Å². The first-order valence-corrected chi connectivity index (χ1v) is 10.4. The van der Waals surface area contributed by atoms with Gasteiger partial charge in [0.1, 0.15) is 5.82 Å². The summed E-state index contributed by atoms with van der Waals surface area (Å²) in [6, 6.07) is 9.39. The van der Waals surface area contributed by atoms with Crippen molar-refractivity contribution in [1.82, 2.24) is 15.3 Å². The van der Waals surface area contributed by atoms with E-state index in [9.17, 15) is 10.1 Å². The molecule has 30 heavy (non-hydrogen) atoms. The van der Waals surface area contributed by atoms with Crippen molar-refractivity contribution >= 4 is 29.0 Å². The van der Waals surface area contributed by atoms with Crippen molar-refractivity contribution in [2.24, 2.45) is 0 Å². The lowest BCUT2D eigenvalue weighted by Crippen LogP contribution is -2.47. The molecule has 1 fully saturated rings. The van der Waals surface area contributed by atoms with Crippen molar-refractivity contribution in [3.05, 3.63) is 35.5 Å². The van der Waals surface area contributed by atoms with E-state index in [0.29, 0.717) is 22.9 Å². The molecule has 1 aliphatic heterocycles. The molecule has 0 radical (unpaired) electrons. The molecule has 1 aromatic heterocycles. The van der Waals surface area contributed by atoms with Gasteiger partial charge < -0.3 is 21.3 Å². The lowest BCUT2D eigenvalue weighted by Gasteiger charge is -2.34. The van der Waals surface area contributed by atoms with Crippen LogP contribution in [-0.2, 0) is 11.2 Å². The first kappa shape index (κ1) is 21.4. The second-order valence-electron chi connectivity index (χ2n) is 7.71. The molecule has 1 amide bonds. The Kier molecular flexibility index (Phi) is 7.07. The topological polar surface area (TPSA) is 120 Å². The fourth-order valence-electron chi connectivity index (χ4n) is 3.69.